The van der Waals surface area contributed by atoms with Crippen molar-refractivity contribution in [1.29, 1.82) is 0 Å². The number of benzene rings is 2. The van der Waals surface area contributed by atoms with E-state index >= 15 is 0 Å². The largest absolute Gasteiger partial charge is 0.491 e. The number of aromatic nitrogens is 2. The first-order chi connectivity index (χ1) is 17.4. The molecule has 6 nitrogen and oxygen atoms in total. The number of aliphatic hydroxyl groups excluding tert-OH is 1. The molecule has 1 aliphatic carbocycles. The Balaban J connectivity index is 1.45. The molecule has 3 heterocycles. The molecule has 2 aliphatic rings. The monoisotopic (exact) mass is 491 g/mol. The van der Waals surface area contributed by atoms with Gasteiger partial charge in [0.2, 0.25) is 5.91 Å². The molecule has 0 bridgehead atoms. The van der Waals surface area contributed by atoms with Crippen molar-refractivity contribution in [2.75, 3.05) is 13.7 Å². The van der Waals surface area contributed by atoms with Crippen molar-refractivity contribution in [2.45, 2.75) is 44.8 Å². The molecule has 186 valence electrons. The Kier molecular flexibility index (Phi) is 5.63. The number of aromatic amines is 1. The number of rotatable bonds is 4. The number of amides is 1. The van der Waals surface area contributed by atoms with Gasteiger partial charge in [0.25, 0.3) is 0 Å². The molecule has 4 aromatic rings. The summed E-state index contributed by atoms with van der Waals surface area (Å²) in [6.45, 7) is 0.921. The highest BCUT2D eigenvalue weighted by Gasteiger charge is 2.36. The number of nitrogens with zero attached hydrogens (tertiary/aromatic N) is 2. The zero-order chi connectivity index (χ0) is 25.0. The van der Waals surface area contributed by atoms with Crippen LogP contribution in [0.2, 0.25) is 0 Å². The minimum Gasteiger partial charge on any atom is -0.491 e. The molecule has 2 aromatic heterocycles. The van der Waals surface area contributed by atoms with E-state index in [1.165, 1.54) is 19.2 Å². The number of carbonyl (C=O) groups is 1. The molecule has 0 unspecified atom stereocenters. The van der Waals surface area contributed by atoms with E-state index in [0.717, 1.165) is 39.5 Å². The summed E-state index contributed by atoms with van der Waals surface area (Å²) in [4.78, 5) is 23.4. The smallest absolute Gasteiger partial charge is 0.228 e. The van der Waals surface area contributed by atoms with Gasteiger partial charge in [0, 0.05) is 29.3 Å². The van der Waals surface area contributed by atoms with E-state index in [1.54, 1.807) is 4.90 Å². The van der Waals surface area contributed by atoms with Gasteiger partial charge in [-0.2, -0.15) is 0 Å². The van der Waals surface area contributed by atoms with Crippen molar-refractivity contribution in [2.24, 2.45) is 5.92 Å². The minimum absolute atomic E-state index is 0.0210. The molecule has 1 aliphatic heterocycles. The van der Waals surface area contributed by atoms with Crippen LogP contribution in [-0.4, -0.2) is 45.6 Å². The lowest BCUT2D eigenvalue weighted by Crippen LogP contribution is -2.42. The summed E-state index contributed by atoms with van der Waals surface area (Å²) in [5.74, 6) is -2.30. The second-order valence-corrected chi connectivity index (χ2v) is 9.79. The number of fused-ring (bicyclic) bond motifs is 5. The quantitative estimate of drug-likeness (QED) is 0.436. The number of pyridine rings is 1. The van der Waals surface area contributed by atoms with Gasteiger partial charge in [0.1, 0.15) is 0 Å². The molecule has 36 heavy (non-hydrogen) atoms. The van der Waals surface area contributed by atoms with Gasteiger partial charge in [-0.05, 0) is 55.0 Å². The normalized spacial score (nSPS) is 19.7. The van der Waals surface area contributed by atoms with E-state index < -0.39 is 23.5 Å². The summed E-state index contributed by atoms with van der Waals surface area (Å²) in [6, 6.07) is 10.5. The number of H-pyrrole nitrogens is 1. The topological polar surface area (TPSA) is 78.5 Å². The fourth-order valence-corrected chi connectivity index (χ4v) is 5.89. The van der Waals surface area contributed by atoms with Crippen LogP contribution in [-0.2, 0) is 24.2 Å². The lowest BCUT2D eigenvalue weighted by Gasteiger charge is -2.32. The van der Waals surface area contributed by atoms with Crippen molar-refractivity contribution >= 4 is 27.7 Å². The van der Waals surface area contributed by atoms with E-state index in [1.807, 2.05) is 18.2 Å². The molecule has 0 radical (unpaired) electrons. The van der Waals surface area contributed by atoms with Crippen LogP contribution in [0.4, 0.5) is 8.78 Å². The van der Waals surface area contributed by atoms with Gasteiger partial charge in [-0.1, -0.05) is 18.2 Å². The predicted molar refractivity (Wildman–Crippen MR) is 132 cm³/mol. The van der Waals surface area contributed by atoms with Gasteiger partial charge >= 0.3 is 0 Å². The van der Waals surface area contributed by atoms with Crippen LogP contribution in [0.15, 0.2) is 36.4 Å². The molecule has 1 amide bonds. The molecule has 2 N–H and O–H groups in total. The first-order valence-electron chi connectivity index (χ1n) is 12.3. The van der Waals surface area contributed by atoms with Crippen molar-refractivity contribution in [3.8, 4) is 5.75 Å². The molecule has 8 heteroatoms. The number of carbonyl (C=O) groups excluding carboxylic acids is 1. The highest BCUT2D eigenvalue weighted by atomic mass is 19.1. The number of hydrogen-bond donors (Lipinski definition) is 2. The second kappa shape index (κ2) is 8.85. The van der Waals surface area contributed by atoms with E-state index in [2.05, 4.69) is 11.1 Å². The van der Waals surface area contributed by atoms with Crippen LogP contribution < -0.4 is 4.74 Å². The maximum atomic E-state index is 14.4. The number of halogens is 2. The first-order valence-corrected chi connectivity index (χ1v) is 12.3. The fourth-order valence-electron chi connectivity index (χ4n) is 5.89. The summed E-state index contributed by atoms with van der Waals surface area (Å²) >= 11 is 0. The Bertz CT molecular complexity index is 1480. The third kappa shape index (κ3) is 3.71. The maximum Gasteiger partial charge on any atom is 0.228 e. The van der Waals surface area contributed by atoms with Crippen molar-refractivity contribution < 1.29 is 23.4 Å². The van der Waals surface area contributed by atoms with Crippen molar-refractivity contribution in [3.63, 3.8) is 0 Å². The zero-order valence-corrected chi connectivity index (χ0v) is 20.0. The van der Waals surface area contributed by atoms with Gasteiger partial charge < -0.3 is 19.7 Å². The molecule has 2 atom stereocenters. The Labute approximate surface area is 206 Å². The number of aliphatic hydroxyl groups is 1. The van der Waals surface area contributed by atoms with Crippen molar-refractivity contribution in [3.05, 3.63) is 70.5 Å². The average Bonchev–Trinajstić information content (AvgIpc) is 3.47. The van der Waals surface area contributed by atoms with Crippen molar-refractivity contribution in [1.82, 2.24) is 14.9 Å². The molecule has 0 spiro atoms. The fraction of sp³-hybridized carbons (Fsp3) is 0.357. The number of methoxy groups -OCH3 is 1. The van der Waals surface area contributed by atoms with Crippen LogP contribution >= 0.6 is 0 Å². The van der Waals surface area contributed by atoms with E-state index in [0.29, 0.717) is 43.6 Å². The molecular formula is C28H27F2N3O3. The second-order valence-electron chi connectivity index (χ2n) is 9.79. The third-order valence-electron chi connectivity index (χ3n) is 7.63. The summed E-state index contributed by atoms with van der Waals surface area (Å²) in [5.41, 5.74) is 4.80. The first kappa shape index (κ1) is 22.9. The minimum atomic E-state index is -0.759. The average molecular weight is 492 g/mol. The number of hydrogen-bond acceptors (Lipinski definition) is 4. The van der Waals surface area contributed by atoms with E-state index in [4.69, 9.17) is 9.72 Å². The van der Waals surface area contributed by atoms with Gasteiger partial charge in [-0.3, -0.25) is 9.78 Å². The van der Waals surface area contributed by atoms with Crippen LogP contribution in [0.25, 0.3) is 21.8 Å². The molecule has 2 aromatic carbocycles. The molecule has 6 rings (SSSR count). The summed E-state index contributed by atoms with van der Waals surface area (Å²) < 4.78 is 33.7. The number of para-hydroxylation sites is 1. The molecular weight excluding hydrogens is 464 g/mol. The summed E-state index contributed by atoms with van der Waals surface area (Å²) in [7, 11) is 1.23. The maximum absolute atomic E-state index is 14.4. The van der Waals surface area contributed by atoms with Gasteiger partial charge in [0.15, 0.2) is 17.4 Å². The highest BCUT2D eigenvalue weighted by molar-refractivity contribution is 6.10. The Hall–Kier alpha value is -3.52. The van der Waals surface area contributed by atoms with Crippen LogP contribution in [0, 0.1) is 17.6 Å². The Morgan fingerprint density at radius 3 is 2.72 bits per heavy atom. The lowest BCUT2D eigenvalue weighted by molar-refractivity contribution is -0.139. The third-order valence-corrected chi connectivity index (χ3v) is 7.63. The van der Waals surface area contributed by atoms with E-state index in [9.17, 15) is 18.7 Å². The van der Waals surface area contributed by atoms with Crippen LogP contribution in [0.5, 0.6) is 5.75 Å². The summed E-state index contributed by atoms with van der Waals surface area (Å²) in [5, 5.41) is 12.4. The Morgan fingerprint density at radius 1 is 1.22 bits per heavy atom. The zero-order valence-electron chi connectivity index (χ0n) is 20.0. The lowest BCUT2D eigenvalue weighted by atomic mass is 9.95. The number of nitrogens with one attached hydrogen (secondary N) is 1. The standard InChI is InChI=1S/C28H27F2N3O3/c1-36-27-19(29)11-15(12-20(27)30)13-22-26-25(16-5-2-3-7-21(16)32-26)17-9-10-33(14-23(17)31-22)28(35)18-6-4-8-24(18)34/h2-3,5,7,11-12,18,24,32,34H,4,6,8-10,13-14H2,1H3/t18-,24+/m1/s1. The van der Waals surface area contributed by atoms with Crippen LogP contribution in [0.1, 0.15) is 41.8 Å². The van der Waals surface area contributed by atoms with Crippen LogP contribution in [0.3, 0.4) is 0 Å². The molecule has 1 saturated carbocycles. The van der Waals surface area contributed by atoms with Gasteiger partial charge in [0.05, 0.1) is 42.6 Å². The predicted octanol–water partition coefficient (Wildman–Crippen LogP) is 4.64. The molecule has 1 fully saturated rings. The van der Waals surface area contributed by atoms with E-state index in [-0.39, 0.29) is 18.2 Å². The summed E-state index contributed by atoms with van der Waals surface area (Å²) in [6.07, 6.45) is 2.51. The Morgan fingerprint density at radius 2 is 2.00 bits per heavy atom. The SMILES string of the molecule is COc1c(F)cc(Cc2nc3c(c4c2[nH]c2ccccc24)CCN(C(=O)[C@@H]2CCC[C@@H]2O)C3)cc1F. The van der Waals surface area contributed by atoms with Gasteiger partial charge in [-0.15, -0.1) is 0 Å². The number of ether oxygens (including phenoxy) is 1. The highest BCUT2D eigenvalue weighted by Crippen LogP contribution is 2.36. The van der Waals surface area contributed by atoms with Gasteiger partial charge in [-0.25, -0.2) is 8.78 Å². The molecule has 0 saturated heterocycles.